The molecule has 0 aliphatic heterocycles. The van der Waals surface area contributed by atoms with Crippen molar-refractivity contribution in [3.63, 3.8) is 0 Å². The van der Waals surface area contributed by atoms with Gasteiger partial charge in [0.25, 0.3) is 0 Å². The molecule has 116 valence electrons. The summed E-state index contributed by atoms with van der Waals surface area (Å²) in [5.74, 6) is 1.14. The Morgan fingerprint density at radius 1 is 1.38 bits per heavy atom. The lowest BCUT2D eigenvalue weighted by Gasteiger charge is -2.16. The lowest BCUT2D eigenvalue weighted by Crippen LogP contribution is -2.35. The summed E-state index contributed by atoms with van der Waals surface area (Å²) in [5, 5.41) is 2.75. The molecule has 0 spiro atoms. The summed E-state index contributed by atoms with van der Waals surface area (Å²) in [6, 6.07) is 1.74. The van der Waals surface area contributed by atoms with Crippen LogP contribution in [0, 0.1) is 0 Å². The van der Waals surface area contributed by atoms with Gasteiger partial charge in [0.15, 0.2) is 0 Å². The van der Waals surface area contributed by atoms with Crippen molar-refractivity contribution in [2.75, 3.05) is 17.3 Å². The molecule has 0 aliphatic carbocycles. The van der Waals surface area contributed by atoms with Gasteiger partial charge in [-0.2, -0.15) is 13.8 Å². The molecule has 0 radical (unpaired) electrons. The van der Waals surface area contributed by atoms with Crippen molar-refractivity contribution < 1.29 is 17.6 Å². The zero-order chi connectivity index (χ0) is 15.6. The van der Waals surface area contributed by atoms with E-state index in [-0.39, 0.29) is 11.8 Å². The first-order chi connectivity index (χ1) is 9.87. The highest BCUT2D eigenvalue weighted by atomic mass is 32.1. The highest BCUT2D eigenvalue weighted by Crippen LogP contribution is 2.31. The van der Waals surface area contributed by atoms with Gasteiger partial charge in [0.1, 0.15) is 10.6 Å². The number of nitrogens with zero attached hydrogens (tertiary/aromatic N) is 2. The van der Waals surface area contributed by atoms with Crippen molar-refractivity contribution in [2.45, 2.75) is 25.7 Å². The molecule has 0 saturated heterocycles. The number of rotatable bonds is 6. The molecule has 2 aromatic rings. The maximum atomic E-state index is 13.0. The van der Waals surface area contributed by atoms with Crippen LogP contribution in [0.1, 0.15) is 11.8 Å². The van der Waals surface area contributed by atoms with E-state index in [1.165, 1.54) is 11.3 Å². The fourth-order valence-electron chi connectivity index (χ4n) is 1.62. The molecule has 10 heteroatoms. The number of fused-ring (bicyclic) bond motifs is 1. The Morgan fingerprint density at radius 3 is 2.67 bits per heavy atom. The average molecular weight is 323 g/mol. The zero-order valence-corrected chi connectivity index (χ0v) is 11.8. The third-order valence-corrected chi connectivity index (χ3v) is 3.91. The minimum atomic E-state index is -4.14. The SMILES string of the molecule is CCc1cc2c(NCC(F)(F)C(F)F)nc(NN)nc2s1. The van der Waals surface area contributed by atoms with Crippen molar-refractivity contribution in [1.82, 2.24) is 9.97 Å². The lowest BCUT2D eigenvalue weighted by molar-refractivity contribution is -0.117. The highest BCUT2D eigenvalue weighted by molar-refractivity contribution is 7.18. The van der Waals surface area contributed by atoms with Gasteiger partial charge >= 0.3 is 12.3 Å². The Morgan fingerprint density at radius 2 is 2.10 bits per heavy atom. The summed E-state index contributed by atoms with van der Waals surface area (Å²) in [6.45, 7) is 0.705. The van der Waals surface area contributed by atoms with Crippen LogP contribution in [0.3, 0.4) is 0 Å². The number of hydrazine groups is 1. The van der Waals surface area contributed by atoms with E-state index in [0.717, 1.165) is 11.3 Å². The molecule has 0 unspecified atom stereocenters. The van der Waals surface area contributed by atoms with E-state index < -0.39 is 18.9 Å². The maximum Gasteiger partial charge on any atom is 0.324 e. The molecule has 2 aromatic heterocycles. The van der Waals surface area contributed by atoms with Gasteiger partial charge < -0.3 is 5.32 Å². The Hall–Kier alpha value is -1.68. The molecule has 0 saturated carbocycles. The fourth-order valence-corrected chi connectivity index (χ4v) is 2.59. The number of aromatic nitrogens is 2. The van der Waals surface area contributed by atoms with Crippen LogP contribution in [0.2, 0.25) is 0 Å². The van der Waals surface area contributed by atoms with Crippen LogP contribution in [0.25, 0.3) is 10.2 Å². The second-order valence-electron chi connectivity index (χ2n) is 4.24. The van der Waals surface area contributed by atoms with E-state index >= 15 is 0 Å². The second kappa shape index (κ2) is 5.98. The van der Waals surface area contributed by atoms with Crippen LogP contribution in [-0.2, 0) is 6.42 Å². The van der Waals surface area contributed by atoms with Crippen molar-refractivity contribution in [3.05, 3.63) is 10.9 Å². The molecular weight excluding hydrogens is 310 g/mol. The minimum Gasteiger partial charge on any atom is -0.363 e. The van der Waals surface area contributed by atoms with E-state index in [1.807, 2.05) is 6.92 Å². The molecule has 21 heavy (non-hydrogen) atoms. The number of anilines is 2. The van der Waals surface area contributed by atoms with Crippen molar-refractivity contribution in [2.24, 2.45) is 5.84 Å². The molecular formula is C11H13F4N5S. The highest BCUT2D eigenvalue weighted by Gasteiger charge is 2.40. The number of hydrogen-bond donors (Lipinski definition) is 3. The van der Waals surface area contributed by atoms with E-state index in [4.69, 9.17) is 5.84 Å². The predicted molar refractivity (Wildman–Crippen MR) is 74.0 cm³/mol. The molecule has 0 aliphatic rings. The van der Waals surface area contributed by atoms with Crippen molar-refractivity contribution >= 4 is 33.3 Å². The first-order valence-electron chi connectivity index (χ1n) is 6.04. The van der Waals surface area contributed by atoms with Crippen LogP contribution >= 0.6 is 11.3 Å². The molecule has 4 N–H and O–H groups in total. The number of aryl methyl sites for hydroxylation is 1. The van der Waals surface area contributed by atoms with Crippen molar-refractivity contribution in [3.8, 4) is 0 Å². The quantitative estimate of drug-likeness (QED) is 0.433. The Balaban J connectivity index is 2.35. The topological polar surface area (TPSA) is 75.9 Å². The molecule has 5 nitrogen and oxygen atoms in total. The van der Waals surface area contributed by atoms with Gasteiger partial charge in [0, 0.05) is 4.88 Å². The number of nitrogens with two attached hydrogens (primary N) is 1. The van der Waals surface area contributed by atoms with Gasteiger partial charge in [-0.25, -0.2) is 19.6 Å². The largest absolute Gasteiger partial charge is 0.363 e. The molecule has 0 fully saturated rings. The Labute approximate surface area is 121 Å². The molecule has 0 bridgehead atoms. The lowest BCUT2D eigenvalue weighted by atomic mass is 10.3. The molecule has 0 amide bonds. The number of thiophene rings is 1. The van der Waals surface area contributed by atoms with Crippen LogP contribution in [-0.4, -0.2) is 28.9 Å². The van der Waals surface area contributed by atoms with Crippen molar-refractivity contribution in [1.29, 1.82) is 0 Å². The third kappa shape index (κ3) is 3.32. The minimum absolute atomic E-state index is 0.0230. The monoisotopic (exact) mass is 323 g/mol. The Bertz CT molecular complexity index is 630. The normalized spacial score (nSPS) is 12.1. The van der Waals surface area contributed by atoms with Crippen LogP contribution in [0.4, 0.5) is 29.3 Å². The summed E-state index contributed by atoms with van der Waals surface area (Å²) in [6.07, 6.45) is -3.01. The standard InChI is InChI=1S/C11H13F4N5S/c1-2-5-3-6-7(17-4-11(14,15)9(12)13)18-10(20-16)19-8(6)21-5/h3,9H,2,4,16H2,1H3,(H2,17,18,19,20). The number of nitrogen functional groups attached to an aromatic ring is 1. The van der Waals surface area contributed by atoms with Gasteiger partial charge in [0.05, 0.1) is 11.9 Å². The second-order valence-corrected chi connectivity index (χ2v) is 5.36. The molecule has 2 heterocycles. The Kier molecular flexibility index (Phi) is 4.47. The zero-order valence-electron chi connectivity index (χ0n) is 11.0. The number of nitrogens with one attached hydrogen (secondary N) is 2. The van der Waals surface area contributed by atoms with Gasteiger partial charge in [0.2, 0.25) is 5.95 Å². The smallest absolute Gasteiger partial charge is 0.324 e. The van der Waals surface area contributed by atoms with Crippen LogP contribution in [0.15, 0.2) is 6.07 Å². The molecule has 0 atom stereocenters. The fraction of sp³-hybridized carbons (Fsp3) is 0.455. The van der Waals surface area contributed by atoms with E-state index in [1.54, 1.807) is 6.07 Å². The van der Waals surface area contributed by atoms with Crippen LogP contribution < -0.4 is 16.6 Å². The van der Waals surface area contributed by atoms with E-state index in [2.05, 4.69) is 20.7 Å². The summed E-state index contributed by atoms with van der Waals surface area (Å²) < 4.78 is 50.3. The summed E-state index contributed by atoms with van der Waals surface area (Å²) >= 11 is 1.36. The van der Waals surface area contributed by atoms with Gasteiger partial charge in [-0.3, -0.25) is 5.43 Å². The first-order valence-corrected chi connectivity index (χ1v) is 6.86. The van der Waals surface area contributed by atoms with E-state index in [9.17, 15) is 17.6 Å². The van der Waals surface area contributed by atoms with E-state index in [0.29, 0.717) is 10.2 Å². The summed E-state index contributed by atoms with van der Waals surface area (Å²) in [7, 11) is 0. The molecule has 2 rings (SSSR count). The van der Waals surface area contributed by atoms with Crippen LogP contribution in [0.5, 0.6) is 0 Å². The predicted octanol–water partition coefficient (Wildman–Crippen LogP) is 2.85. The van der Waals surface area contributed by atoms with Gasteiger partial charge in [-0.1, -0.05) is 6.92 Å². The summed E-state index contributed by atoms with van der Waals surface area (Å²) in [5.41, 5.74) is 2.22. The number of halogens is 4. The van der Waals surface area contributed by atoms with Gasteiger partial charge in [-0.05, 0) is 12.5 Å². The first kappa shape index (κ1) is 15.7. The third-order valence-electron chi connectivity index (χ3n) is 2.73. The number of alkyl halides is 4. The summed E-state index contributed by atoms with van der Waals surface area (Å²) in [4.78, 5) is 9.51. The molecule has 0 aromatic carbocycles. The average Bonchev–Trinajstić information content (AvgIpc) is 2.87. The van der Waals surface area contributed by atoms with Gasteiger partial charge in [-0.15, -0.1) is 11.3 Å². The number of hydrogen-bond acceptors (Lipinski definition) is 6. The maximum absolute atomic E-state index is 13.0.